The van der Waals surface area contributed by atoms with Crippen LogP contribution in [0, 0.1) is 13.8 Å². The van der Waals surface area contributed by atoms with E-state index in [1.54, 1.807) is 6.92 Å². The monoisotopic (exact) mass is 298 g/mol. The van der Waals surface area contributed by atoms with Crippen molar-refractivity contribution in [1.82, 2.24) is 5.32 Å². The zero-order chi connectivity index (χ0) is 15.1. The first-order valence-corrected chi connectivity index (χ1v) is 7.67. The predicted molar refractivity (Wildman–Crippen MR) is 81.9 cm³/mol. The minimum absolute atomic E-state index is 0.189. The van der Waals surface area contributed by atoms with Gasteiger partial charge < -0.3 is 10.4 Å². The quantitative estimate of drug-likeness (QED) is 0.670. The Balaban J connectivity index is 2.54. The van der Waals surface area contributed by atoms with Crippen LogP contribution < -0.4 is 10.6 Å². The summed E-state index contributed by atoms with van der Waals surface area (Å²) in [5.41, 5.74) is 0.898. The van der Waals surface area contributed by atoms with Crippen LogP contribution in [0.1, 0.15) is 53.4 Å². The summed E-state index contributed by atoms with van der Waals surface area (Å²) in [5, 5.41) is 15.0. The number of amides is 2. The Morgan fingerprint density at radius 2 is 1.90 bits per heavy atom. The van der Waals surface area contributed by atoms with Crippen LogP contribution >= 0.6 is 11.3 Å². The average Bonchev–Trinajstić information content (AvgIpc) is 2.64. The lowest BCUT2D eigenvalue weighted by Crippen LogP contribution is -2.29. The van der Waals surface area contributed by atoms with Gasteiger partial charge >= 0.3 is 12.0 Å². The van der Waals surface area contributed by atoms with Gasteiger partial charge in [0, 0.05) is 11.4 Å². The molecular formula is C14H22N2O3S. The topological polar surface area (TPSA) is 78.4 Å². The van der Waals surface area contributed by atoms with E-state index < -0.39 is 5.97 Å². The maximum absolute atomic E-state index is 11.7. The van der Waals surface area contributed by atoms with Crippen molar-refractivity contribution in [3.63, 3.8) is 0 Å². The molecule has 0 saturated carbocycles. The Bertz CT molecular complexity index is 483. The van der Waals surface area contributed by atoms with E-state index in [4.69, 9.17) is 0 Å². The number of carbonyl (C=O) groups excluding carboxylic acids is 1. The molecule has 0 fully saturated rings. The number of anilines is 1. The van der Waals surface area contributed by atoms with Crippen LogP contribution in [0.25, 0.3) is 0 Å². The summed E-state index contributed by atoms with van der Waals surface area (Å²) in [6, 6.07) is -0.342. The summed E-state index contributed by atoms with van der Waals surface area (Å²) >= 11 is 1.29. The molecule has 2 amide bonds. The molecule has 0 bridgehead atoms. The molecule has 1 aromatic heterocycles. The van der Waals surface area contributed by atoms with E-state index >= 15 is 0 Å². The first kappa shape index (κ1) is 16.5. The standard InChI is InChI=1S/C14H22N2O3S/c1-4-5-6-7-8-15-14(19)16-12-11(13(17)18)9(2)10(3)20-12/h4-8H2,1-3H3,(H,17,18)(H2,15,16,19). The molecule has 1 rings (SSSR count). The number of urea groups is 1. The van der Waals surface area contributed by atoms with Gasteiger partial charge in [-0.05, 0) is 25.8 Å². The summed E-state index contributed by atoms with van der Waals surface area (Å²) in [5.74, 6) is -1.01. The van der Waals surface area contributed by atoms with E-state index in [0.717, 1.165) is 30.6 Å². The SMILES string of the molecule is CCCCCCNC(=O)Nc1sc(C)c(C)c1C(=O)O. The van der Waals surface area contributed by atoms with Crippen LogP contribution in [0.4, 0.5) is 9.80 Å². The fourth-order valence-corrected chi connectivity index (χ4v) is 2.92. The number of thiophene rings is 1. The fraction of sp³-hybridized carbons (Fsp3) is 0.571. The predicted octanol–water partition coefficient (Wildman–Crippen LogP) is 3.76. The maximum Gasteiger partial charge on any atom is 0.338 e. The number of unbranched alkanes of at least 4 members (excludes halogenated alkanes) is 3. The normalized spacial score (nSPS) is 10.3. The van der Waals surface area contributed by atoms with Crippen molar-refractivity contribution < 1.29 is 14.7 Å². The second-order valence-electron chi connectivity index (χ2n) is 4.73. The van der Waals surface area contributed by atoms with Crippen LogP contribution in [-0.2, 0) is 0 Å². The smallest absolute Gasteiger partial charge is 0.338 e. The lowest BCUT2D eigenvalue weighted by Gasteiger charge is -2.07. The van der Waals surface area contributed by atoms with Crippen molar-refractivity contribution >= 4 is 28.3 Å². The summed E-state index contributed by atoms with van der Waals surface area (Å²) in [6.45, 7) is 6.34. The average molecular weight is 298 g/mol. The molecule has 0 spiro atoms. The van der Waals surface area contributed by atoms with E-state index in [1.807, 2.05) is 6.92 Å². The van der Waals surface area contributed by atoms with Gasteiger partial charge in [-0.25, -0.2) is 9.59 Å². The first-order valence-electron chi connectivity index (χ1n) is 6.85. The molecule has 0 atom stereocenters. The first-order chi connectivity index (χ1) is 9.47. The molecule has 0 saturated heterocycles. The maximum atomic E-state index is 11.7. The Hall–Kier alpha value is -1.56. The highest BCUT2D eigenvalue weighted by molar-refractivity contribution is 7.16. The molecule has 0 aliphatic carbocycles. The third-order valence-electron chi connectivity index (χ3n) is 3.14. The van der Waals surface area contributed by atoms with Crippen LogP contribution in [0.15, 0.2) is 0 Å². The molecule has 112 valence electrons. The van der Waals surface area contributed by atoms with Crippen molar-refractivity contribution in [2.45, 2.75) is 46.5 Å². The van der Waals surface area contributed by atoms with E-state index in [0.29, 0.717) is 17.1 Å². The molecule has 0 unspecified atom stereocenters. The van der Waals surface area contributed by atoms with E-state index in [-0.39, 0.29) is 11.6 Å². The van der Waals surface area contributed by atoms with Gasteiger partial charge in [0.2, 0.25) is 0 Å². The van der Waals surface area contributed by atoms with Crippen LogP contribution in [0.3, 0.4) is 0 Å². The lowest BCUT2D eigenvalue weighted by molar-refractivity contribution is 0.0697. The highest BCUT2D eigenvalue weighted by Gasteiger charge is 2.19. The van der Waals surface area contributed by atoms with Crippen LogP contribution in [0.2, 0.25) is 0 Å². The molecule has 5 nitrogen and oxygen atoms in total. The number of aryl methyl sites for hydroxylation is 1. The number of nitrogens with one attached hydrogen (secondary N) is 2. The fourth-order valence-electron chi connectivity index (χ4n) is 1.87. The third-order valence-corrected chi connectivity index (χ3v) is 4.26. The van der Waals surface area contributed by atoms with E-state index in [2.05, 4.69) is 17.6 Å². The number of carbonyl (C=O) groups is 2. The van der Waals surface area contributed by atoms with Gasteiger partial charge in [0.25, 0.3) is 0 Å². The summed E-state index contributed by atoms with van der Waals surface area (Å²) in [7, 11) is 0. The van der Waals surface area contributed by atoms with Gasteiger partial charge in [-0.3, -0.25) is 5.32 Å². The summed E-state index contributed by atoms with van der Waals surface area (Å²) in [4.78, 5) is 23.8. The number of aromatic carboxylic acids is 1. The number of carboxylic acid groups (broad SMARTS) is 1. The molecule has 0 radical (unpaired) electrons. The van der Waals surface area contributed by atoms with Crippen molar-refractivity contribution in [2.24, 2.45) is 0 Å². The lowest BCUT2D eigenvalue weighted by atomic mass is 10.1. The Kier molecular flexibility index (Phi) is 6.51. The van der Waals surface area contributed by atoms with E-state index in [9.17, 15) is 14.7 Å². The molecule has 6 heteroatoms. The highest BCUT2D eigenvalue weighted by Crippen LogP contribution is 2.32. The highest BCUT2D eigenvalue weighted by atomic mass is 32.1. The van der Waals surface area contributed by atoms with Crippen LogP contribution in [-0.4, -0.2) is 23.7 Å². The number of rotatable bonds is 7. The molecule has 0 aliphatic heterocycles. The van der Waals surface area contributed by atoms with Crippen molar-refractivity contribution in [1.29, 1.82) is 0 Å². The minimum Gasteiger partial charge on any atom is -0.478 e. The second kappa shape index (κ2) is 7.89. The Morgan fingerprint density at radius 3 is 2.50 bits per heavy atom. The third kappa shape index (κ3) is 4.52. The Morgan fingerprint density at radius 1 is 1.20 bits per heavy atom. The summed E-state index contributed by atoms with van der Waals surface area (Å²) < 4.78 is 0. The molecule has 3 N–H and O–H groups in total. The minimum atomic E-state index is -1.01. The number of carboxylic acids is 1. The molecule has 20 heavy (non-hydrogen) atoms. The van der Waals surface area contributed by atoms with Gasteiger partial charge in [0.15, 0.2) is 0 Å². The van der Waals surface area contributed by atoms with Gasteiger partial charge in [0.1, 0.15) is 5.00 Å². The second-order valence-corrected chi connectivity index (χ2v) is 5.96. The van der Waals surface area contributed by atoms with Crippen LogP contribution in [0.5, 0.6) is 0 Å². The summed E-state index contributed by atoms with van der Waals surface area (Å²) in [6.07, 6.45) is 4.35. The zero-order valence-electron chi connectivity index (χ0n) is 12.2. The Labute approximate surface area is 123 Å². The van der Waals surface area contributed by atoms with E-state index in [1.165, 1.54) is 11.3 Å². The van der Waals surface area contributed by atoms with Crippen molar-refractivity contribution in [3.8, 4) is 0 Å². The van der Waals surface area contributed by atoms with Gasteiger partial charge in [-0.1, -0.05) is 26.2 Å². The molecule has 0 aromatic carbocycles. The number of hydrogen-bond donors (Lipinski definition) is 3. The molecule has 1 heterocycles. The van der Waals surface area contributed by atoms with Gasteiger partial charge in [0.05, 0.1) is 5.56 Å². The van der Waals surface area contributed by atoms with Gasteiger partial charge in [-0.15, -0.1) is 11.3 Å². The van der Waals surface area contributed by atoms with Crippen molar-refractivity contribution in [2.75, 3.05) is 11.9 Å². The zero-order valence-corrected chi connectivity index (χ0v) is 13.0. The van der Waals surface area contributed by atoms with Gasteiger partial charge in [-0.2, -0.15) is 0 Å². The number of hydrogen-bond acceptors (Lipinski definition) is 3. The molecule has 1 aromatic rings. The molecule has 0 aliphatic rings. The molecular weight excluding hydrogens is 276 g/mol. The largest absolute Gasteiger partial charge is 0.478 e. The van der Waals surface area contributed by atoms with Crippen molar-refractivity contribution in [3.05, 3.63) is 16.0 Å².